The van der Waals surface area contributed by atoms with E-state index < -0.39 is 12.1 Å². The maximum absolute atomic E-state index is 12.4. The first kappa shape index (κ1) is 82.3. The van der Waals surface area contributed by atoms with Gasteiger partial charge in [0.25, 0.3) is 0 Å². The molecule has 0 saturated heterocycles. The zero-order valence-corrected chi connectivity index (χ0v) is 57.2. The summed E-state index contributed by atoms with van der Waals surface area (Å²) in [5.41, 5.74) is 0. The van der Waals surface area contributed by atoms with Crippen molar-refractivity contribution in [2.24, 2.45) is 0 Å². The monoisotopic (exact) mass is 1180 g/mol. The van der Waals surface area contributed by atoms with Crippen LogP contribution in [0.25, 0.3) is 0 Å². The molecule has 0 saturated carbocycles. The smallest absolute Gasteiger partial charge is 0.305 e. The Labute approximate surface area is 526 Å². The summed E-state index contributed by atoms with van der Waals surface area (Å²) in [7, 11) is 0. The predicted octanol–water partition coefficient (Wildman–Crippen LogP) is 25.3. The van der Waals surface area contributed by atoms with Gasteiger partial charge in [-0.3, -0.25) is 9.59 Å². The molecule has 0 heterocycles. The number of carbonyl (C=O) groups excluding carboxylic acids is 2. The zero-order chi connectivity index (χ0) is 60.6. The van der Waals surface area contributed by atoms with Gasteiger partial charge >= 0.3 is 5.97 Å². The molecule has 0 rings (SSSR count). The number of aliphatic hydroxyl groups excluding tert-OH is 2. The molecule has 0 aliphatic carbocycles. The summed E-state index contributed by atoms with van der Waals surface area (Å²) >= 11 is 0. The van der Waals surface area contributed by atoms with Gasteiger partial charge in [-0.05, 0) is 57.8 Å². The first-order chi connectivity index (χ1) is 41.5. The number of hydrogen-bond acceptors (Lipinski definition) is 5. The van der Waals surface area contributed by atoms with E-state index in [0.29, 0.717) is 19.4 Å². The summed E-state index contributed by atoms with van der Waals surface area (Å²) in [4.78, 5) is 24.6. The fourth-order valence-corrected chi connectivity index (χ4v) is 12.3. The Balaban J connectivity index is 3.27. The van der Waals surface area contributed by atoms with E-state index in [1.165, 1.54) is 372 Å². The highest BCUT2D eigenvalue weighted by atomic mass is 16.5. The van der Waals surface area contributed by atoms with Crippen molar-refractivity contribution in [1.82, 2.24) is 5.32 Å². The van der Waals surface area contributed by atoms with Crippen LogP contribution in [0.2, 0.25) is 0 Å². The minimum absolute atomic E-state index is 0.0235. The van der Waals surface area contributed by atoms with Crippen LogP contribution in [0.1, 0.15) is 438 Å². The summed E-state index contributed by atoms with van der Waals surface area (Å²) in [5, 5.41) is 23.1. The second-order valence-corrected chi connectivity index (χ2v) is 26.7. The molecule has 2 unspecified atom stereocenters. The van der Waals surface area contributed by atoms with Crippen molar-refractivity contribution in [2.75, 3.05) is 13.2 Å². The average Bonchev–Trinajstić information content (AvgIpc) is 3.53. The molecule has 84 heavy (non-hydrogen) atoms. The van der Waals surface area contributed by atoms with Gasteiger partial charge in [-0.2, -0.15) is 0 Å². The lowest BCUT2D eigenvalue weighted by Gasteiger charge is -2.20. The van der Waals surface area contributed by atoms with Crippen molar-refractivity contribution in [2.45, 2.75) is 450 Å². The number of unbranched alkanes of at least 4 members (excludes halogenated alkanes) is 60. The van der Waals surface area contributed by atoms with Crippen LogP contribution in [0.4, 0.5) is 0 Å². The van der Waals surface area contributed by atoms with Crippen LogP contribution >= 0.6 is 0 Å². The van der Waals surface area contributed by atoms with Gasteiger partial charge < -0.3 is 20.3 Å². The third-order valence-corrected chi connectivity index (χ3v) is 18.2. The number of allylic oxidation sites excluding steroid dienone is 3. The highest BCUT2D eigenvalue weighted by molar-refractivity contribution is 5.76. The second-order valence-electron chi connectivity index (χ2n) is 26.7. The molecular formula is C78H151NO5. The first-order valence-corrected chi connectivity index (χ1v) is 38.6. The Morgan fingerprint density at radius 2 is 0.560 bits per heavy atom. The third kappa shape index (κ3) is 69.4. The normalized spacial score (nSPS) is 12.6. The maximum atomic E-state index is 12.4. The molecule has 1 amide bonds. The molecule has 498 valence electrons. The van der Waals surface area contributed by atoms with E-state index in [-0.39, 0.29) is 18.5 Å². The fourth-order valence-electron chi connectivity index (χ4n) is 12.3. The molecule has 0 aromatic rings. The summed E-state index contributed by atoms with van der Waals surface area (Å²) in [6.45, 7) is 4.93. The number of amides is 1. The van der Waals surface area contributed by atoms with Gasteiger partial charge in [-0.25, -0.2) is 0 Å². The van der Waals surface area contributed by atoms with E-state index in [4.69, 9.17) is 4.74 Å². The van der Waals surface area contributed by atoms with Gasteiger partial charge in [0.1, 0.15) is 0 Å². The molecular weight excluding hydrogens is 1030 g/mol. The lowest BCUT2D eigenvalue weighted by atomic mass is 10.0. The molecule has 0 aliphatic rings. The zero-order valence-electron chi connectivity index (χ0n) is 57.2. The van der Waals surface area contributed by atoms with Crippen LogP contribution in [-0.2, 0) is 14.3 Å². The average molecular weight is 1180 g/mol. The Bertz CT molecular complexity index is 1320. The van der Waals surface area contributed by atoms with Crippen LogP contribution in [0.15, 0.2) is 24.3 Å². The molecule has 6 heteroatoms. The largest absolute Gasteiger partial charge is 0.466 e. The molecule has 0 radical (unpaired) electrons. The number of ether oxygens (including phenoxy) is 1. The van der Waals surface area contributed by atoms with Crippen LogP contribution in [0, 0.1) is 0 Å². The summed E-state index contributed by atoms with van der Waals surface area (Å²) in [5.74, 6) is -0.0379. The molecule has 6 nitrogen and oxygen atoms in total. The SMILES string of the molecule is CCCCCCCC/C=C\CCCCCCCCCCCC(=O)OCCCCCCCCCCCCCCCCCCCCCCCCCCCCCCCCCCCCCCCC(=O)NC(CO)C(O)/C=C/CCCCCCCCCCC. The van der Waals surface area contributed by atoms with Crippen LogP contribution in [-0.4, -0.2) is 47.4 Å². The molecule has 2 atom stereocenters. The highest BCUT2D eigenvalue weighted by Crippen LogP contribution is 2.20. The van der Waals surface area contributed by atoms with Gasteiger partial charge in [-0.15, -0.1) is 0 Å². The van der Waals surface area contributed by atoms with Crippen molar-refractivity contribution < 1.29 is 24.5 Å². The van der Waals surface area contributed by atoms with E-state index in [1.54, 1.807) is 6.08 Å². The molecule has 0 aromatic carbocycles. The Morgan fingerprint density at radius 3 is 0.845 bits per heavy atom. The van der Waals surface area contributed by atoms with E-state index in [9.17, 15) is 19.8 Å². The Hall–Kier alpha value is -1.66. The molecule has 0 aliphatic heterocycles. The van der Waals surface area contributed by atoms with Crippen molar-refractivity contribution in [3.8, 4) is 0 Å². The lowest BCUT2D eigenvalue weighted by molar-refractivity contribution is -0.143. The quantitative estimate of drug-likeness (QED) is 0.0320. The molecule has 0 aromatic heterocycles. The van der Waals surface area contributed by atoms with Crippen LogP contribution in [0.5, 0.6) is 0 Å². The van der Waals surface area contributed by atoms with Gasteiger partial charge in [-0.1, -0.05) is 391 Å². The van der Waals surface area contributed by atoms with Crippen LogP contribution in [0.3, 0.4) is 0 Å². The minimum Gasteiger partial charge on any atom is -0.466 e. The van der Waals surface area contributed by atoms with Gasteiger partial charge in [0.05, 0.1) is 25.4 Å². The van der Waals surface area contributed by atoms with Gasteiger partial charge in [0.15, 0.2) is 0 Å². The fraction of sp³-hybridized carbons (Fsp3) is 0.923. The third-order valence-electron chi connectivity index (χ3n) is 18.2. The molecule has 0 fully saturated rings. The Morgan fingerprint density at radius 1 is 0.321 bits per heavy atom. The van der Waals surface area contributed by atoms with E-state index in [0.717, 1.165) is 38.5 Å². The minimum atomic E-state index is -0.838. The van der Waals surface area contributed by atoms with Gasteiger partial charge in [0.2, 0.25) is 5.91 Å². The number of nitrogens with one attached hydrogen (secondary N) is 1. The molecule has 0 bridgehead atoms. The van der Waals surface area contributed by atoms with E-state index in [2.05, 4.69) is 31.3 Å². The number of rotatable bonds is 73. The van der Waals surface area contributed by atoms with Crippen LogP contribution < -0.4 is 5.32 Å². The topological polar surface area (TPSA) is 95.9 Å². The van der Waals surface area contributed by atoms with Crippen molar-refractivity contribution in [1.29, 1.82) is 0 Å². The number of hydrogen-bond donors (Lipinski definition) is 3. The maximum Gasteiger partial charge on any atom is 0.305 e. The summed E-state index contributed by atoms with van der Waals surface area (Å²) < 4.78 is 5.52. The number of esters is 1. The summed E-state index contributed by atoms with van der Waals surface area (Å²) in [6.07, 6.45) is 94.6. The van der Waals surface area contributed by atoms with Crippen molar-refractivity contribution >= 4 is 11.9 Å². The molecule has 0 spiro atoms. The van der Waals surface area contributed by atoms with Crippen molar-refractivity contribution in [3.63, 3.8) is 0 Å². The number of aliphatic hydroxyl groups is 2. The highest BCUT2D eigenvalue weighted by Gasteiger charge is 2.18. The molecule has 3 N–H and O–H groups in total. The Kier molecular flexibility index (Phi) is 72.3. The summed E-state index contributed by atoms with van der Waals surface area (Å²) in [6, 6.07) is -0.621. The second kappa shape index (κ2) is 73.8. The standard InChI is InChI=1S/C78H151NO5/c1-3-5-7-9-11-13-15-16-17-18-38-42-45-48-52-56-60-64-68-72-78(83)84-73-69-65-61-57-53-49-46-43-40-37-35-33-31-29-27-25-23-21-19-20-22-24-26-28-30-32-34-36-39-41-44-47-51-55-59-63-67-71-77(82)79-75(74-80)76(81)70-66-62-58-54-50-14-12-10-8-6-4-2/h16-17,66,70,75-76,80-81H,3-15,18-65,67-69,71-74H2,1-2H3,(H,79,82)/b17-16-,70-66+. The van der Waals surface area contributed by atoms with Crippen molar-refractivity contribution in [3.05, 3.63) is 24.3 Å². The first-order valence-electron chi connectivity index (χ1n) is 38.6. The van der Waals surface area contributed by atoms with E-state index >= 15 is 0 Å². The predicted molar refractivity (Wildman–Crippen MR) is 370 cm³/mol. The van der Waals surface area contributed by atoms with E-state index in [1.807, 2.05) is 6.08 Å². The lowest BCUT2D eigenvalue weighted by Crippen LogP contribution is -2.45. The number of carbonyl (C=O) groups is 2. The van der Waals surface area contributed by atoms with Gasteiger partial charge in [0, 0.05) is 12.8 Å².